The number of H-pyrrole nitrogens is 2. The van der Waals surface area contributed by atoms with E-state index in [9.17, 15) is 19.2 Å². The number of nitrogens with one attached hydrogen (secondary N) is 2. The van der Waals surface area contributed by atoms with Gasteiger partial charge in [0, 0.05) is 47.8 Å². The molecule has 5 rings (SSSR count). The van der Waals surface area contributed by atoms with Gasteiger partial charge in [0.1, 0.15) is 11.6 Å². The van der Waals surface area contributed by atoms with Crippen LogP contribution < -0.4 is 0 Å². The average molecular weight is 707 g/mol. The average Bonchev–Trinajstić information content (AvgIpc) is 3.74. The summed E-state index contributed by atoms with van der Waals surface area (Å²) in [6.45, 7) is 15.5. The maximum absolute atomic E-state index is 12.4. The number of esters is 2. The molecule has 0 aromatic carbocycles. The van der Waals surface area contributed by atoms with E-state index >= 15 is 0 Å². The Morgan fingerprint density at radius 3 is 1.38 bits per heavy atom. The Hall–Kier alpha value is -5.12. The number of hydrogen-bond donors (Lipinski definition) is 2. The standard InChI is InChI=1S/C42H50N4O6/c1-21(15-23(3)47)41-27(7)33-17-31-25(5)29(11-13-39(49)51-9)35(43-31)20-36-30(12-14-40(50)52-10)26(6)32(44-36)18-37-42(22(2)16-24(4)48)28(8)34(46-37)19-38(41)45-33/h17-22,45-46H,11-16H2,1-10H3. The van der Waals surface area contributed by atoms with Crippen LogP contribution in [0.5, 0.6) is 0 Å². The molecule has 0 saturated heterocycles. The Morgan fingerprint density at radius 1 is 0.596 bits per heavy atom. The number of rotatable bonds is 12. The molecule has 5 heterocycles. The van der Waals surface area contributed by atoms with Crippen molar-refractivity contribution < 1.29 is 28.7 Å². The molecule has 0 saturated carbocycles. The van der Waals surface area contributed by atoms with Gasteiger partial charge in [-0.25, -0.2) is 9.97 Å². The first-order valence-electron chi connectivity index (χ1n) is 17.9. The number of allylic oxidation sites excluding steroid dienone is 4. The number of aromatic nitrogens is 4. The summed E-state index contributed by atoms with van der Waals surface area (Å²) in [6.07, 6.45) is 2.00. The van der Waals surface area contributed by atoms with Crippen LogP contribution in [-0.4, -0.2) is 57.7 Å². The molecule has 8 bridgehead atoms. The number of aryl methyl sites for hydroxylation is 2. The van der Waals surface area contributed by atoms with Crippen LogP contribution >= 0.6 is 0 Å². The first kappa shape index (κ1) is 38.1. The molecule has 2 N–H and O–H groups in total. The molecule has 52 heavy (non-hydrogen) atoms. The van der Waals surface area contributed by atoms with Gasteiger partial charge < -0.3 is 29.0 Å². The van der Waals surface area contributed by atoms with E-state index in [1.165, 1.54) is 14.2 Å². The number of ether oxygens (including phenoxy) is 2. The minimum atomic E-state index is -0.314. The van der Waals surface area contributed by atoms with Gasteiger partial charge >= 0.3 is 11.9 Å². The van der Waals surface area contributed by atoms with Crippen molar-refractivity contribution in [1.29, 1.82) is 0 Å². The Labute approximate surface area is 305 Å². The minimum Gasteiger partial charge on any atom is -0.469 e. The molecule has 3 aromatic rings. The van der Waals surface area contributed by atoms with Gasteiger partial charge in [0.05, 0.1) is 37.0 Å². The van der Waals surface area contributed by atoms with Crippen LogP contribution in [0.2, 0.25) is 0 Å². The van der Waals surface area contributed by atoms with Crippen molar-refractivity contribution >= 4 is 67.9 Å². The van der Waals surface area contributed by atoms with Crippen LogP contribution in [0.1, 0.15) is 137 Å². The number of hydrogen-bond acceptors (Lipinski definition) is 8. The fourth-order valence-corrected chi connectivity index (χ4v) is 7.77. The second-order valence-electron chi connectivity index (χ2n) is 14.3. The summed E-state index contributed by atoms with van der Waals surface area (Å²) in [7, 11) is 2.76. The Bertz CT molecular complexity index is 2200. The number of carbonyl (C=O) groups excluding carboxylic acids is 4. The number of Topliss-reactive ketones (excluding diaryl/α,β-unsaturated/α-hetero) is 2. The lowest BCUT2D eigenvalue weighted by molar-refractivity contribution is -0.141. The lowest BCUT2D eigenvalue weighted by atomic mass is 9.92. The molecule has 3 aromatic heterocycles. The van der Waals surface area contributed by atoms with Crippen LogP contribution in [0.15, 0.2) is 24.3 Å². The van der Waals surface area contributed by atoms with Crippen molar-refractivity contribution in [3.8, 4) is 0 Å². The van der Waals surface area contributed by atoms with Crippen molar-refractivity contribution in [2.75, 3.05) is 14.2 Å². The van der Waals surface area contributed by atoms with Crippen LogP contribution in [-0.2, 0) is 28.7 Å². The molecule has 2 aliphatic heterocycles. The Balaban J connectivity index is 1.93. The first-order chi connectivity index (χ1) is 24.6. The number of methoxy groups -OCH3 is 2. The molecule has 10 nitrogen and oxygen atoms in total. The highest BCUT2D eigenvalue weighted by Gasteiger charge is 2.25. The summed E-state index contributed by atoms with van der Waals surface area (Å²) in [6, 6.07) is 8.11. The lowest BCUT2D eigenvalue weighted by Crippen LogP contribution is -2.01. The first-order valence-corrected chi connectivity index (χ1v) is 17.9. The van der Waals surface area contributed by atoms with Crippen molar-refractivity contribution in [2.45, 2.75) is 106 Å². The van der Waals surface area contributed by atoms with Crippen LogP contribution in [0.25, 0.3) is 44.4 Å². The summed E-state index contributed by atoms with van der Waals surface area (Å²) in [5.74, 6) is -0.524. The van der Waals surface area contributed by atoms with Crippen molar-refractivity contribution in [3.05, 3.63) is 69.3 Å². The number of aromatic amines is 2. The second-order valence-corrected chi connectivity index (χ2v) is 14.3. The van der Waals surface area contributed by atoms with Gasteiger partial charge in [-0.2, -0.15) is 0 Å². The van der Waals surface area contributed by atoms with E-state index < -0.39 is 0 Å². The van der Waals surface area contributed by atoms with Crippen molar-refractivity contribution in [2.24, 2.45) is 0 Å². The SMILES string of the molecule is COC(=O)CCC1=C(C)c2cc3[nH]c(cc4[nH]c(cc5nc(cc1n2)C(CCC(=O)OC)=C5C)c(C(C)CC(C)=O)c4C)c(C(C)CC(C)=O)c3C. The maximum Gasteiger partial charge on any atom is 0.305 e. The highest BCUT2D eigenvalue weighted by Crippen LogP contribution is 2.40. The van der Waals surface area contributed by atoms with E-state index in [-0.39, 0.29) is 48.2 Å². The smallest absolute Gasteiger partial charge is 0.305 e. The highest BCUT2D eigenvalue weighted by atomic mass is 16.5. The van der Waals surface area contributed by atoms with E-state index in [0.29, 0.717) is 37.1 Å². The van der Waals surface area contributed by atoms with E-state index in [1.807, 2.05) is 32.0 Å². The molecule has 274 valence electrons. The number of nitrogens with zero attached hydrogens (tertiary/aromatic N) is 2. The Morgan fingerprint density at radius 2 is 0.981 bits per heavy atom. The number of fused-ring (bicyclic) bond motifs is 8. The van der Waals surface area contributed by atoms with Crippen molar-refractivity contribution in [3.63, 3.8) is 0 Å². The van der Waals surface area contributed by atoms with Gasteiger partial charge in [0.2, 0.25) is 0 Å². The quantitative estimate of drug-likeness (QED) is 0.178. The molecule has 0 aliphatic carbocycles. The van der Waals surface area contributed by atoms with E-state index in [0.717, 1.165) is 78.0 Å². The van der Waals surface area contributed by atoms with Gasteiger partial charge in [-0.15, -0.1) is 0 Å². The van der Waals surface area contributed by atoms with Gasteiger partial charge in [0.15, 0.2) is 0 Å². The van der Waals surface area contributed by atoms with Gasteiger partial charge in [-0.05, 0) is 135 Å². The summed E-state index contributed by atoms with van der Waals surface area (Å²) >= 11 is 0. The maximum atomic E-state index is 12.4. The second kappa shape index (κ2) is 15.6. The monoisotopic (exact) mass is 706 g/mol. The molecular weight excluding hydrogens is 656 g/mol. The predicted octanol–water partition coefficient (Wildman–Crippen LogP) is 8.86. The minimum absolute atomic E-state index is 0.0486. The topological polar surface area (TPSA) is 144 Å². The third-order valence-electron chi connectivity index (χ3n) is 10.4. The summed E-state index contributed by atoms with van der Waals surface area (Å²) in [5, 5.41) is 0. The molecule has 0 amide bonds. The molecule has 2 atom stereocenters. The fourth-order valence-electron chi connectivity index (χ4n) is 7.77. The van der Waals surface area contributed by atoms with Gasteiger partial charge in [0.25, 0.3) is 0 Å². The van der Waals surface area contributed by atoms with E-state index in [2.05, 4.69) is 43.7 Å². The number of ketones is 2. The summed E-state index contributed by atoms with van der Waals surface area (Å²) < 4.78 is 9.96. The molecule has 0 fully saturated rings. The zero-order valence-electron chi connectivity index (χ0n) is 32.1. The van der Waals surface area contributed by atoms with Gasteiger partial charge in [-0.3, -0.25) is 9.59 Å². The van der Waals surface area contributed by atoms with Crippen molar-refractivity contribution in [1.82, 2.24) is 19.9 Å². The fraction of sp³-hybridized carbons (Fsp3) is 0.429. The molecule has 0 spiro atoms. The molecular formula is C42H50N4O6. The normalized spacial score (nSPS) is 14.0. The zero-order chi connectivity index (χ0) is 38.0. The summed E-state index contributed by atoms with van der Waals surface area (Å²) in [4.78, 5) is 66.9. The predicted molar refractivity (Wildman–Crippen MR) is 205 cm³/mol. The number of carbonyl (C=O) groups is 4. The molecule has 10 heteroatoms. The lowest BCUT2D eigenvalue weighted by Gasteiger charge is -2.10. The summed E-state index contributed by atoms with van der Waals surface area (Å²) in [5.41, 5.74) is 14.2. The van der Waals surface area contributed by atoms with E-state index in [1.54, 1.807) is 13.8 Å². The van der Waals surface area contributed by atoms with Gasteiger partial charge in [-0.1, -0.05) is 13.8 Å². The highest BCUT2D eigenvalue weighted by molar-refractivity contribution is 5.96. The molecule has 2 aliphatic rings. The molecule has 2 unspecified atom stereocenters. The zero-order valence-corrected chi connectivity index (χ0v) is 32.1. The van der Waals surface area contributed by atoms with Crippen LogP contribution in [0.3, 0.4) is 0 Å². The largest absolute Gasteiger partial charge is 0.469 e. The third kappa shape index (κ3) is 7.86. The van der Waals surface area contributed by atoms with Crippen LogP contribution in [0, 0.1) is 13.8 Å². The third-order valence-corrected chi connectivity index (χ3v) is 10.4. The van der Waals surface area contributed by atoms with Crippen LogP contribution in [0.4, 0.5) is 0 Å². The molecule has 0 radical (unpaired) electrons. The Kier molecular flexibility index (Phi) is 11.5. The van der Waals surface area contributed by atoms with E-state index in [4.69, 9.17) is 19.4 Å².